The van der Waals surface area contributed by atoms with Gasteiger partial charge in [0.25, 0.3) is 5.91 Å². The standard InChI is InChI=1S/C16H24N4O/c1-6-7-11(4)18-16(21)14-8-13-9-17-20(10(2)3)15(13)19-12(14)5/h8-11H,6-7H2,1-5H3,(H,18,21)/t11-/m1/s1. The van der Waals surface area contributed by atoms with Gasteiger partial charge in [0.2, 0.25) is 0 Å². The van der Waals surface area contributed by atoms with Crippen LogP contribution in [0.15, 0.2) is 12.3 Å². The summed E-state index contributed by atoms with van der Waals surface area (Å²) in [5, 5.41) is 8.28. The number of pyridine rings is 1. The third-order valence-corrected chi connectivity index (χ3v) is 3.59. The van der Waals surface area contributed by atoms with Crippen LogP contribution >= 0.6 is 0 Å². The van der Waals surface area contributed by atoms with Crippen LogP contribution in [0, 0.1) is 6.92 Å². The van der Waals surface area contributed by atoms with Gasteiger partial charge in [-0.1, -0.05) is 13.3 Å². The van der Waals surface area contributed by atoms with Crippen molar-refractivity contribution in [3.05, 3.63) is 23.5 Å². The Morgan fingerprint density at radius 3 is 2.71 bits per heavy atom. The number of hydrogen-bond acceptors (Lipinski definition) is 3. The molecule has 0 saturated carbocycles. The molecule has 5 heteroatoms. The quantitative estimate of drug-likeness (QED) is 0.918. The Morgan fingerprint density at radius 2 is 2.10 bits per heavy atom. The summed E-state index contributed by atoms with van der Waals surface area (Å²) in [7, 11) is 0. The minimum atomic E-state index is -0.0554. The molecule has 21 heavy (non-hydrogen) atoms. The number of nitrogens with one attached hydrogen (secondary N) is 1. The van der Waals surface area contributed by atoms with Crippen molar-refractivity contribution in [1.82, 2.24) is 20.1 Å². The molecule has 2 heterocycles. The molecule has 1 atom stereocenters. The van der Waals surface area contributed by atoms with Crippen molar-refractivity contribution in [3.63, 3.8) is 0 Å². The number of carbonyl (C=O) groups is 1. The fourth-order valence-corrected chi connectivity index (χ4v) is 2.48. The summed E-state index contributed by atoms with van der Waals surface area (Å²) < 4.78 is 1.88. The number of hydrogen-bond donors (Lipinski definition) is 1. The van der Waals surface area contributed by atoms with Crippen LogP contribution in [-0.4, -0.2) is 26.7 Å². The molecule has 0 aliphatic rings. The molecule has 2 aromatic heterocycles. The summed E-state index contributed by atoms with van der Waals surface area (Å²) in [4.78, 5) is 16.9. The van der Waals surface area contributed by atoms with Crippen LogP contribution in [0.4, 0.5) is 0 Å². The van der Waals surface area contributed by atoms with E-state index in [1.54, 1.807) is 6.20 Å². The molecular formula is C16H24N4O. The monoisotopic (exact) mass is 288 g/mol. The highest BCUT2D eigenvalue weighted by atomic mass is 16.1. The van der Waals surface area contributed by atoms with Gasteiger partial charge in [-0.2, -0.15) is 5.10 Å². The van der Waals surface area contributed by atoms with Crippen LogP contribution in [0.3, 0.4) is 0 Å². The van der Waals surface area contributed by atoms with Crippen molar-refractivity contribution >= 4 is 16.9 Å². The topological polar surface area (TPSA) is 59.8 Å². The Balaban J connectivity index is 2.33. The first-order valence-electron chi connectivity index (χ1n) is 7.59. The molecule has 0 aliphatic carbocycles. The minimum Gasteiger partial charge on any atom is -0.350 e. The Bertz CT molecular complexity index is 645. The molecule has 0 fully saturated rings. The first kappa shape index (κ1) is 15.5. The predicted molar refractivity (Wildman–Crippen MR) is 84.5 cm³/mol. The van der Waals surface area contributed by atoms with Crippen molar-refractivity contribution in [2.45, 2.75) is 59.5 Å². The molecule has 114 valence electrons. The third kappa shape index (κ3) is 3.23. The van der Waals surface area contributed by atoms with Gasteiger partial charge in [0.05, 0.1) is 17.5 Å². The van der Waals surface area contributed by atoms with Gasteiger partial charge in [0.15, 0.2) is 5.65 Å². The molecule has 0 aliphatic heterocycles. The lowest BCUT2D eigenvalue weighted by molar-refractivity contribution is 0.0937. The van der Waals surface area contributed by atoms with Crippen LogP contribution in [0.5, 0.6) is 0 Å². The second kappa shape index (κ2) is 6.24. The maximum atomic E-state index is 12.4. The minimum absolute atomic E-state index is 0.0554. The van der Waals surface area contributed by atoms with Crippen molar-refractivity contribution in [2.75, 3.05) is 0 Å². The van der Waals surface area contributed by atoms with E-state index in [2.05, 4.69) is 36.2 Å². The van der Waals surface area contributed by atoms with E-state index >= 15 is 0 Å². The lowest BCUT2D eigenvalue weighted by Gasteiger charge is -2.14. The molecule has 5 nitrogen and oxygen atoms in total. The number of aryl methyl sites for hydroxylation is 1. The Kier molecular flexibility index (Phi) is 4.60. The average molecular weight is 288 g/mol. The molecule has 1 amide bonds. The van der Waals surface area contributed by atoms with Crippen LogP contribution in [0.25, 0.3) is 11.0 Å². The fourth-order valence-electron chi connectivity index (χ4n) is 2.48. The zero-order valence-corrected chi connectivity index (χ0v) is 13.5. The zero-order chi connectivity index (χ0) is 15.6. The molecule has 2 rings (SSSR count). The van der Waals surface area contributed by atoms with Gasteiger partial charge in [0, 0.05) is 17.5 Å². The summed E-state index contributed by atoms with van der Waals surface area (Å²) in [5.74, 6) is -0.0554. The van der Waals surface area contributed by atoms with Gasteiger partial charge in [-0.25, -0.2) is 9.67 Å². The smallest absolute Gasteiger partial charge is 0.253 e. The number of fused-ring (bicyclic) bond motifs is 1. The maximum Gasteiger partial charge on any atom is 0.253 e. The highest BCUT2D eigenvalue weighted by Crippen LogP contribution is 2.19. The van der Waals surface area contributed by atoms with Gasteiger partial charge in [0.1, 0.15) is 0 Å². The lowest BCUT2D eigenvalue weighted by atomic mass is 10.1. The maximum absolute atomic E-state index is 12.4. The van der Waals surface area contributed by atoms with Crippen molar-refractivity contribution in [3.8, 4) is 0 Å². The number of rotatable bonds is 5. The second-order valence-electron chi connectivity index (χ2n) is 5.88. The van der Waals surface area contributed by atoms with Crippen molar-refractivity contribution in [1.29, 1.82) is 0 Å². The summed E-state index contributed by atoms with van der Waals surface area (Å²) in [6.07, 6.45) is 3.80. The van der Waals surface area contributed by atoms with Crippen LogP contribution in [-0.2, 0) is 0 Å². The van der Waals surface area contributed by atoms with E-state index < -0.39 is 0 Å². The first-order chi connectivity index (χ1) is 9.93. The average Bonchev–Trinajstić information content (AvgIpc) is 2.80. The van der Waals surface area contributed by atoms with E-state index in [1.807, 2.05) is 24.6 Å². The number of carbonyl (C=O) groups excluding carboxylic acids is 1. The molecule has 0 aromatic carbocycles. The van der Waals surface area contributed by atoms with E-state index in [0.717, 1.165) is 29.6 Å². The number of aromatic nitrogens is 3. The zero-order valence-electron chi connectivity index (χ0n) is 13.5. The molecule has 0 unspecified atom stereocenters. The highest BCUT2D eigenvalue weighted by Gasteiger charge is 2.16. The molecule has 1 N–H and O–H groups in total. The third-order valence-electron chi connectivity index (χ3n) is 3.59. The molecule has 2 aromatic rings. The molecule has 0 spiro atoms. The van der Waals surface area contributed by atoms with Gasteiger partial charge < -0.3 is 5.32 Å². The predicted octanol–water partition coefficient (Wildman–Crippen LogP) is 3.24. The van der Waals surface area contributed by atoms with Gasteiger partial charge >= 0.3 is 0 Å². The van der Waals surface area contributed by atoms with E-state index in [4.69, 9.17) is 0 Å². The molecule has 0 saturated heterocycles. The van der Waals surface area contributed by atoms with Crippen LogP contribution in [0.2, 0.25) is 0 Å². The Morgan fingerprint density at radius 1 is 1.38 bits per heavy atom. The lowest BCUT2D eigenvalue weighted by Crippen LogP contribution is -2.33. The fraction of sp³-hybridized carbons (Fsp3) is 0.562. The van der Waals surface area contributed by atoms with E-state index in [1.165, 1.54) is 0 Å². The first-order valence-corrected chi connectivity index (χ1v) is 7.59. The van der Waals surface area contributed by atoms with Gasteiger partial charge in [-0.05, 0) is 40.2 Å². The van der Waals surface area contributed by atoms with Gasteiger partial charge in [-0.15, -0.1) is 0 Å². The number of nitrogens with zero attached hydrogens (tertiary/aromatic N) is 3. The van der Waals surface area contributed by atoms with E-state index in [9.17, 15) is 4.79 Å². The largest absolute Gasteiger partial charge is 0.350 e. The van der Waals surface area contributed by atoms with Crippen LogP contribution < -0.4 is 5.32 Å². The van der Waals surface area contributed by atoms with E-state index in [-0.39, 0.29) is 18.0 Å². The second-order valence-corrected chi connectivity index (χ2v) is 5.88. The summed E-state index contributed by atoms with van der Waals surface area (Å²) >= 11 is 0. The normalized spacial score (nSPS) is 12.9. The van der Waals surface area contributed by atoms with Gasteiger partial charge in [-0.3, -0.25) is 4.79 Å². The molecule has 0 radical (unpaired) electrons. The van der Waals surface area contributed by atoms with Crippen molar-refractivity contribution < 1.29 is 4.79 Å². The summed E-state index contributed by atoms with van der Waals surface area (Å²) in [5.41, 5.74) is 2.21. The highest BCUT2D eigenvalue weighted by molar-refractivity contribution is 5.98. The van der Waals surface area contributed by atoms with Crippen LogP contribution in [0.1, 0.15) is 62.6 Å². The van der Waals surface area contributed by atoms with E-state index in [0.29, 0.717) is 5.56 Å². The Labute approximate surface area is 125 Å². The summed E-state index contributed by atoms with van der Waals surface area (Å²) in [6, 6.07) is 2.31. The Hall–Kier alpha value is -1.91. The summed E-state index contributed by atoms with van der Waals surface area (Å²) in [6.45, 7) is 10.1. The number of amides is 1. The molecular weight excluding hydrogens is 264 g/mol. The molecule has 0 bridgehead atoms. The van der Waals surface area contributed by atoms with Crippen molar-refractivity contribution in [2.24, 2.45) is 0 Å². The SMILES string of the molecule is CCC[C@@H](C)NC(=O)c1cc2cnn(C(C)C)c2nc1C.